The molecule has 0 bridgehead atoms. The van der Waals surface area contributed by atoms with E-state index < -0.39 is 42.1 Å². The number of ketones is 1. The second-order valence-corrected chi connectivity index (χ2v) is 12.5. The van der Waals surface area contributed by atoms with Crippen molar-refractivity contribution in [2.45, 2.75) is 57.8 Å². The topological polar surface area (TPSA) is 125 Å². The Morgan fingerprint density at radius 2 is 1.22 bits per heavy atom. The van der Waals surface area contributed by atoms with Crippen LogP contribution in [0.15, 0.2) is 115 Å². The highest BCUT2D eigenvalue weighted by atomic mass is 16.2. The Morgan fingerprint density at radius 3 is 1.82 bits per heavy atom. The van der Waals surface area contributed by atoms with Gasteiger partial charge in [0, 0.05) is 19.0 Å². The Hall–Kier alpha value is -5.57. The summed E-state index contributed by atoms with van der Waals surface area (Å²) in [6.07, 6.45) is 1.93. The zero-order chi connectivity index (χ0) is 34.6. The van der Waals surface area contributed by atoms with E-state index in [1.165, 1.54) is 4.90 Å². The molecule has 4 aromatic rings. The van der Waals surface area contributed by atoms with Crippen LogP contribution in [0.5, 0.6) is 0 Å². The minimum absolute atomic E-state index is 0.0591. The van der Waals surface area contributed by atoms with Crippen LogP contribution in [0.4, 0.5) is 0 Å². The van der Waals surface area contributed by atoms with E-state index in [-0.39, 0.29) is 31.3 Å². The first-order chi connectivity index (χ1) is 23.8. The highest BCUT2D eigenvalue weighted by Gasteiger charge is 2.32. The molecule has 1 aliphatic carbocycles. The molecule has 0 aromatic heterocycles. The van der Waals surface area contributed by atoms with E-state index in [2.05, 4.69) is 16.0 Å². The van der Waals surface area contributed by atoms with Crippen LogP contribution in [-0.4, -0.2) is 52.9 Å². The minimum atomic E-state index is -1.02. The smallest absolute Gasteiger partial charge is 0.289 e. The number of rotatable bonds is 15. The summed E-state index contributed by atoms with van der Waals surface area (Å²) < 4.78 is 0. The van der Waals surface area contributed by atoms with E-state index in [9.17, 15) is 24.0 Å². The Labute approximate surface area is 287 Å². The van der Waals surface area contributed by atoms with E-state index >= 15 is 0 Å². The number of hydrogen-bond acceptors (Lipinski definition) is 5. The zero-order valence-corrected chi connectivity index (χ0v) is 27.6. The Morgan fingerprint density at radius 1 is 0.694 bits per heavy atom. The van der Waals surface area contributed by atoms with Crippen molar-refractivity contribution in [3.05, 3.63) is 143 Å². The molecule has 252 valence electrons. The van der Waals surface area contributed by atoms with Gasteiger partial charge in [0.1, 0.15) is 12.1 Å². The fourth-order valence-electron chi connectivity index (χ4n) is 6.01. The summed E-state index contributed by atoms with van der Waals surface area (Å²) in [5, 5.41) is 8.33. The number of carbonyl (C=O) groups excluding carboxylic acids is 5. The Kier molecular flexibility index (Phi) is 12.1. The molecule has 0 radical (unpaired) electrons. The maximum atomic E-state index is 14.3. The van der Waals surface area contributed by atoms with Crippen LogP contribution < -0.4 is 16.0 Å². The summed E-state index contributed by atoms with van der Waals surface area (Å²) in [6.45, 7) is 1.35. The predicted octanol–water partition coefficient (Wildman–Crippen LogP) is 3.94. The zero-order valence-electron chi connectivity index (χ0n) is 27.6. The first-order valence-corrected chi connectivity index (χ1v) is 16.7. The standard InChI is InChI=1S/C40H42N4O5/c1-28(42-38(47)34-23-32-19-11-12-20-33(32)24-34)37(46)43-35(22-21-29-13-5-2-6-14-29)40(49)44(26-31-17-9-4-10-18-31)27-36(45)39(48)41-25-30-15-7-3-8-16-30/h2-20,28,34-35H,21-27H2,1H3,(H,41,48)(H,42,47)(H,43,46)/t28-,35-/m0/s1. The summed E-state index contributed by atoms with van der Waals surface area (Å²) in [7, 11) is 0. The van der Waals surface area contributed by atoms with Crippen LogP contribution >= 0.6 is 0 Å². The lowest BCUT2D eigenvalue weighted by molar-refractivity contribution is -0.144. The lowest BCUT2D eigenvalue weighted by Gasteiger charge is -2.28. The third-order valence-electron chi connectivity index (χ3n) is 8.76. The van der Waals surface area contributed by atoms with Crippen LogP contribution in [0.1, 0.15) is 41.2 Å². The highest BCUT2D eigenvalue weighted by Crippen LogP contribution is 2.26. The van der Waals surface area contributed by atoms with Gasteiger partial charge in [-0.25, -0.2) is 0 Å². The number of Topliss-reactive ketones (excluding diaryl/α,β-unsaturated/α-hetero) is 1. The van der Waals surface area contributed by atoms with E-state index in [0.29, 0.717) is 19.3 Å². The van der Waals surface area contributed by atoms with E-state index in [4.69, 9.17) is 0 Å². The average Bonchev–Trinajstić information content (AvgIpc) is 3.58. The van der Waals surface area contributed by atoms with Crippen LogP contribution in [0.25, 0.3) is 0 Å². The molecule has 5 rings (SSSR count). The van der Waals surface area contributed by atoms with E-state index in [1.807, 2.05) is 115 Å². The van der Waals surface area contributed by atoms with Crippen molar-refractivity contribution in [3.8, 4) is 0 Å². The third-order valence-corrected chi connectivity index (χ3v) is 8.76. The molecule has 4 amide bonds. The average molecular weight is 659 g/mol. The van der Waals surface area contributed by atoms with Gasteiger partial charge in [0.05, 0.1) is 6.54 Å². The second-order valence-electron chi connectivity index (χ2n) is 12.5. The molecule has 2 atom stereocenters. The molecule has 3 N–H and O–H groups in total. The summed E-state index contributed by atoms with van der Waals surface area (Å²) in [4.78, 5) is 68.3. The Balaban J connectivity index is 1.29. The number of aryl methyl sites for hydroxylation is 1. The van der Waals surface area contributed by atoms with Gasteiger partial charge in [0.15, 0.2) is 0 Å². The fraction of sp³-hybridized carbons (Fsp3) is 0.275. The van der Waals surface area contributed by atoms with Gasteiger partial charge < -0.3 is 20.9 Å². The molecule has 0 heterocycles. The van der Waals surface area contributed by atoms with Crippen molar-refractivity contribution in [2.75, 3.05) is 6.54 Å². The largest absolute Gasteiger partial charge is 0.345 e. The van der Waals surface area contributed by atoms with Crippen molar-refractivity contribution in [2.24, 2.45) is 5.92 Å². The predicted molar refractivity (Wildman–Crippen MR) is 187 cm³/mol. The maximum Gasteiger partial charge on any atom is 0.289 e. The van der Waals surface area contributed by atoms with Gasteiger partial charge in [-0.1, -0.05) is 115 Å². The van der Waals surface area contributed by atoms with Crippen molar-refractivity contribution in [1.29, 1.82) is 0 Å². The molecule has 4 aromatic carbocycles. The summed E-state index contributed by atoms with van der Waals surface area (Å²) in [5.74, 6) is -3.08. The van der Waals surface area contributed by atoms with E-state index in [1.54, 1.807) is 6.92 Å². The highest BCUT2D eigenvalue weighted by molar-refractivity contribution is 6.37. The minimum Gasteiger partial charge on any atom is -0.345 e. The third kappa shape index (κ3) is 9.96. The molecule has 9 nitrogen and oxygen atoms in total. The number of carbonyl (C=O) groups is 5. The van der Waals surface area contributed by atoms with Crippen molar-refractivity contribution >= 4 is 29.4 Å². The van der Waals surface area contributed by atoms with Crippen molar-refractivity contribution < 1.29 is 24.0 Å². The van der Waals surface area contributed by atoms with E-state index in [0.717, 1.165) is 27.8 Å². The van der Waals surface area contributed by atoms with Gasteiger partial charge in [-0.2, -0.15) is 0 Å². The number of benzene rings is 4. The van der Waals surface area contributed by atoms with Crippen LogP contribution in [0.3, 0.4) is 0 Å². The number of amides is 4. The number of nitrogens with one attached hydrogen (secondary N) is 3. The fourth-order valence-corrected chi connectivity index (χ4v) is 6.01. The molecule has 0 spiro atoms. The van der Waals surface area contributed by atoms with Gasteiger partial charge in [-0.05, 0) is 60.4 Å². The van der Waals surface area contributed by atoms with Crippen molar-refractivity contribution in [1.82, 2.24) is 20.9 Å². The van der Waals surface area contributed by atoms with Gasteiger partial charge in [-0.15, -0.1) is 0 Å². The molecular formula is C40H42N4O5. The lowest BCUT2D eigenvalue weighted by Crippen LogP contribution is -2.55. The van der Waals surface area contributed by atoms with Crippen molar-refractivity contribution in [3.63, 3.8) is 0 Å². The summed E-state index contributed by atoms with van der Waals surface area (Å²) >= 11 is 0. The second kappa shape index (κ2) is 17.0. The van der Waals surface area contributed by atoms with Crippen LogP contribution in [0.2, 0.25) is 0 Å². The number of fused-ring (bicyclic) bond motifs is 1. The van der Waals surface area contributed by atoms with Crippen LogP contribution in [0, 0.1) is 5.92 Å². The number of nitrogens with zero attached hydrogens (tertiary/aromatic N) is 1. The SMILES string of the molecule is C[C@H](NC(=O)C1Cc2ccccc2C1)C(=O)N[C@@H](CCc1ccccc1)C(=O)N(CC(=O)C(=O)NCc1ccccc1)Cc1ccccc1. The monoisotopic (exact) mass is 658 g/mol. The molecular weight excluding hydrogens is 616 g/mol. The molecule has 0 aliphatic heterocycles. The molecule has 0 saturated heterocycles. The van der Waals surface area contributed by atoms with Gasteiger partial charge in [-0.3, -0.25) is 24.0 Å². The lowest BCUT2D eigenvalue weighted by atomic mass is 10.0. The molecule has 0 saturated carbocycles. The molecule has 1 aliphatic rings. The van der Waals surface area contributed by atoms with Crippen LogP contribution in [-0.2, 0) is 56.3 Å². The first kappa shape index (κ1) is 34.8. The van der Waals surface area contributed by atoms with Gasteiger partial charge in [0.25, 0.3) is 5.91 Å². The maximum absolute atomic E-state index is 14.3. The Bertz CT molecular complexity index is 1720. The number of hydrogen-bond donors (Lipinski definition) is 3. The van der Waals surface area contributed by atoms with Gasteiger partial charge >= 0.3 is 0 Å². The molecule has 9 heteroatoms. The quantitative estimate of drug-likeness (QED) is 0.167. The first-order valence-electron chi connectivity index (χ1n) is 16.7. The summed E-state index contributed by atoms with van der Waals surface area (Å²) in [6, 6.07) is 34.0. The normalized spacial score (nSPS) is 13.4. The molecule has 0 unspecified atom stereocenters. The summed E-state index contributed by atoms with van der Waals surface area (Å²) in [5.41, 5.74) is 4.84. The van der Waals surface area contributed by atoms with Gasteiger partial charge in [0.2, 0.25) is 23.5 Å². The molecule has 49 heavy (non-hydrogen) atoms. The molecule has 0 fully saturated rings.